The topological polar surface area (TPSA) is 62.1 Å². The number of ether oxygens (including phenoxy) is 1. The molecule has 0 saturated carbocycles. The summed E-state index contributed by atoms with van der Waals surface area (Å²) in [5.74, 6) is 0.620. The molecule has 1 aliphatic rings. The van der Waals surface area contributed by atoms with Crippen LogP contribution < -0.4 is 10.1 Å². The first-order valence-corrected chi connectivity index (χ1v) is 8.63. The zero-order chi connectivity index (χ0) is 17.8. The summed E-state index contributed by atoms with van der Waals surface area (Å²) in [6.45, 7) is 4.47. The first-order valence-electron chi connectivity index (χ1n) is 8.63. The Morgan fingerprint density at radius 2 is 1.96 bits per heavy atom. The van der Waals surface area contributed by atoms with Gasteiger partial charge < -0.3 is 10.1 Å². The Labute approximate surface area is 160 Å². The molecule has 0 saturated heterocycles. The molecular formula is C21H23ClN2O2. The first kappa shape index (κ1) is 20.0. The molecule has 0 heterocycles. The van der Waals surface area contributed by atoms with Crippen LogP contribution in [0.15, 0.2) is 42.5 Å². The molecule has 136 valence electrons. The van der Waals surface area contributed by atoms with Crippen LogP contribution in [0, 0.1) is 11.3 Å². The van der Waals surface area contributed by atoms with E-state index in [1.165, 1.54) is 0 Å². The summed E-state index contributed by atoms with van der Waals surface area (Å²) >= 11 is 0. The van der Waals surface area contributed by atoms with Crippen LogP contribution in [0.3, 0.4) is 0 Å². The second kappa shape index (κ2) is 8.84. The summed E-state index contributed by atoms with van der Waals surface area (Å²) < 4.78 is 5.86. The first-order chi connectivity index (χ1) is 12.1. The number of fused-ring (bicyclic) bond motifs is 1. The summed E-state index contributed by atoms with van der Waals surface area (Å²) in [6.07, 6.45) is 1.41. The van der Waals surface area contributed by atoms with Crippen molar-refractivity contribution in [3.8, 4) is 11.8 Å². The minimum Gasteiger partial charge on any atom is -0.488 e. The van der Waals surface area contributed by atoms with Crippen molar-refractivity contribution in [1.29, 1.82) is 5.26 Å². The van der Waals surface area contributed by atoms with Gasteiger partial charge >= 0.3 is 0 Å². The predicted molar refractivity (Wildman–Crippen MR) is 104 cm³/mol. The number of carbonyl (C=O) groups excluding carboxylic acids is 1. The zero-order valence-corrected chi connectivity index (χ0v) is 15.8. The van der Waals surface area contributed by atoms with Crippen LogP contribution in [-0.2, 0) is 13.0 Å². The standard InChI is InChI=1S/C21H22N2O2.ClH/c1-14(2)23-19-10-8-16-17(21(19)24)9-11-20(18(16)12-22)25-13-15-6-4-3-5-7-15;/h3-7,9,11,14,19,23H,8,10,13H2,1-2H3;1H. The van der Waals surface area contributed by atoms with Crippen molar-refractivity contribution in [3.63, 3.8) is 0 Å². The smallest absolute Gasteiger partial charge is 0.180 e. The highest BCUT2D eigenvalue weighted by Crippen LogP contribution is 2.31. The second-order valence-corrected chi connectivity index (χ2v) is 6.63. The summed E-state index contributed by atoms with van der Waals surface area (Å²) in [5.41, 5.74) is 3.00. The Bertz CT molecular complexity index is 813. The lowest BCUT2D eigenvalue weighted by atomic mass is 9.84. The number of ketones is 1. The van der Waals surface area contributed by atoms with Gasteiger partial charge in [-0.25, -0.2) is 0 Å². The Kier molecular flexibility index (Phi) is 6.79. The molecule has 2 aromatic rings. The monoisotopic (exact) mass is 370 g/mol. The molecule has 0 fully saturated rings. The van der Waals surface area contributed by atoms with Gasteiger partial charge in [-0.3, -0.25) is 4.79 Å². The maximum Gasteiger partial charge on any atom is 0.180 e. The molecule has 1 unspecified atom stereocenters. The number of benzene rings is 2. The number of nitrogens with zero attached hydrogens (tertiary/aromatic N) is 1. The van der Waals surface area contributed by atoms with Crippen LogP contribution in [0.4, 0.5) is 0 Å². The van der Waals surface area contributed by atoms with Gasteiger partial charge in [-0.05, 0) is 36.1 Å². The van der Waals surface area contributed by atoms with Crippen LogP contribution in [-0.4, -0.2) is 17.9 Å². The van der Waals surface area contributed by atoms with Gasteiger partial charge in [0, 0.05) is 11.6 Å². The van der Waals surface area contributed by atoms with Gasteiger partial charge in [0.2, 0.25) is 0 Å². The minimum atomic E-state index is -0.171. The Morgan fingerprint density at radius 3 is 2.62 bits per heavy atom. The molecule has 0 bridgehead atoms. The van der Waals surface area contributed by atoms with Gasteiger partial charge in [0.05, 0.1) is 11.6 Å². The molecule has 26 heavy (non-hydrogen) atoms. The largest absolute Gasteiger partial charge is 0.488 e. The van der Waals surface area contributed by atoms with Gasteiger partial charge in [-0.2, -0.15) is 5.26 Å². The number of nitrogens with one attached hydrogen (secondary N) is 1. The van der Waals surface area contributed by atoms with Crippen LogP contribution in [0.5, 0.6) is 5.75 Å². The molecular weight excluding hydrogens is 348 g/mol. The molecule has 1 N–H and O–H groups in total. The maximum atomic E-state index is 12.7. The Morgan fingerprint density at radius 1 is 1.23 bits per heavy atom. The van der Waals surface area contributed by atoms with Gasteiger partial charge in [-0.1, -0.05) is 44.2 Å². The lowest BCUT2D eigenvalue weighted by Crippen LogP contribution is -2.43. The Hall–Kier alpha value is -2.35. The van der Waals surface area contributed by atoms with E-state index in [9.17, 15) is 10.1 Å². The predicted octanol–water partition coefficient (Wildman–Crippen LogP) is 4.05. The number of nitriles is 1. The van der Waals surface area contributed by atoms with E-state index in [4.69, 9.17) is 4.74 Å². The van der Waals surface area contributed by atoms with Crippen LogP contribution in [0.2, 0.25) is 0 Å². The van der Waals surface area contributed by atoms with Crippen molar-refractivity contribution < 1.29 is 9.53 Å². The Balaban J connectivity index is 0.00000243. The van der Waals surface area contributed by atoms with E-state index < -0.39 is 0 Å². The third-order valence-corrected chi connectivity index (χ3v) is 4.42. The summed E-state index contributed by atoms with van der Waals surface area (Å²) in [5, 5.41) is 12.9. The fraction of sp³-hybridized carbons (Fsp3) is 0.333. The van der Waals surface area contributed by atoms with E-state index in [-0.39, 0.29) is 30.3 Å². The molecule has 5 heteroatoms. The van der Waals surface area contributed by atoms with Gasteiger partial charge in [0.15, 0.2) is 5.78 Å². The summed E-state index contributed by atoms with van der Waals surface area (Å²) in [6, 6.07) is 15.7. The second-order valence-electron chi connectivity index (χ2n) is 6.63. The van der Waals surface area contributed by atoms with Gasteiger partial charge in [0.25, 0.3) is 0 Å². The van der Waals surface area contributed by atoms with E-state index >= 15 is 0 Å². The van der Waals surface area contributed by atoms with E-state index in [0.29, 0.717) is 36.3 Å². The van der Waals surface area contributed by atoms with E-state index in [0.717, 1.165) is 11.1 Å². The maximum absolute atomic E-state index is 12.7. The van der Waals surface area contributed by atoms with E-state index in [2.05, 4.69) is 11.4 Å². The molecule has 0 amide bonds. The lowest BCUT2D eigenvalue weighted by Gasteiger charge is -2.27. The van der Waals surface area contributed by atoms with Gasteiger partial charge in [-0.15, -0.1) is 12.4 Å². The number of halogens is 1. The number of rotatable bonds is 5. The quantitative estimate of drug-likeness (QED) is 0.862. The van der Waals surface area contributed by atoms with Crippen molar-refractivity contribution >= 4 is 18.2 Å². The molecule has 3 rings (SSSR count). The third kappa shape index (κ3) is 4.24. The van der Waals surface area contributed by atoms with Crippen molar-refractivity contribution in [2.45, 2.75) is 45.4 Å². The fourth-order valence-corrected chi connectivity index (χ4v) is 3.26. The average Bonchev–Trinajstić information content (AvgIpc) is 2.62. The summed E-state index contributed by atoms with van der Waals surface area (Å²) in [7, 11) is 0. The molecule has 0 aromatic heterocycles. The molecule has 0 spiro atoms. The number of Topliss-reactive ketones (excluding diaryl/α,β-unsaturated/α-hetero) is 1. The highest BCUT2D eigenvalue weighted by molar-refractivity contribution is 6.03. The molecule has 1 aliphatic carbocycles. The minimum absolute atomic E-state index is 0. The number of carbonyl (C=O) groups is 1. The molecule has 0 radical (unpaired) electrons. The average molecular weight is 371 g/mol. The van der Waals surface area contributed by atoms with Crippen molar-refractivity contribution in [3.05, 3.63) is 64.7 Å². The number of hydrogen-bond donors (Lipinski definition) is 1. The fourth-order valence-electron chi connectivity index (χ4n) is 3.26. The highest BCUT2D eigenvalue weighted by Gasteiger charge is 2.30. The highest BCUT2D eigenvalue weighted by atomic mass is 35.5. The molecule has 1 atom stereocenters. The number of hydrogen-bond acceptors (Lipinski definition) is 4. The van der Waals surface area contributed by atoms with Crippen molar-refractivity contribution in [2.24, 2.45) is 0 Å². The van der Waals surface area contributed by atoms with Crippen LogP contribution in [0.25, 0.3) is 0 Å². The SMILES string of the molecule is CC(C)NC1CCc2c(ccc(OCc3ccccc3)c2C#N)C1=O.Cl. The van der Waals surface area contributed by atoms with E-state index in [1.807, 2.05) is 44.2 Å². The van der Waals surface area contributed by atoms with Crippen molar-refractivity contribution in [2.75, 3.05) is 0 Å². The van der Waals surface area contributed by atoms with Crippen molar-refractivity contribution in [1.82, 2.24) is 5.32 Å². The zero-order valence-electron chi connectivity index (χ0n) is 15.0. The molecule has 4 nitrogen and oxygen atoms in total. The molecule has 2 aromatic carbocycles. The van der Waals surface area contributed by atoms with E-state index in [1.54, 1.807) is 12.1 Å². The van der Waals surface area contributed by atoms with Crippen LogP contribution in [0.1, 0.15) is 47.3 Å². The van der Waals surface area contributed by atoms with Gasteiger partial charge in [0.1, 0.15) is 18.4 Å². The third-order valence-electron chi connectivity index (χ3n) is 4.42. The molecule has 0 aliphatic heterocycles. The normalized spacial score (nSPS) is 15.8. The summed E-state index contributed by atoms with van der Waals surface area (Å²) in [4.78, 5) is 12.7. The van der Waals surface area contributed by atoms with Crippen LogP contribution >= 0.6 is 12.4 Å². The lowest BCUT2D eigenvalue weighted by molar-refractivity contribution is 0.0922.